The number of hydrogen-bond acceptors (Lipinski definition) is 5. The first-order chi connectivity index (χ1) is 9.80. The average Bonchev–Trinajstić information content (AvgIpc) is 2.52. The molecule has 1 aromatic heterocycles. The predicted octanol–water partition coefficient (Wildman–Crippen LogP) is 2.85. The number of rotatable bonds is 5. The van der Waals surface area contributed by atoms with Gasteiger partial charge in [0, 0.05) is 24.5 Å². The van der Waals surface area contributed by atoms with Crippen LogP contribution in [-0.4, -0.2) is 23.6 Å². The van der Waals surface area contributed by atoms with Crippen LogP contribution in [0.2, 0.25) is 0 Å². The Labute approximate surface area is 118 Å². The van der Waals surface area contributed by atoms with E-state index in [-0.39, 0.29) is 0 Å². The van der Waals surface area contributed by atoms with E-state index in [9.17, 15) is 0 Å². The van der Waals surface area contributed by atoms with Crippen molar-refractivity contribution in [1.29, 1.82) is 5.26 Å². The van der Waals surface area contributed by atoms with Gasteiger partial charge in [-0.25, -0.2) is 4.98 Å². The molecule has 2 rings (SSSR count). The molecule has 0 saturated carbocycles. The Morgan fingerprint density at radius 1 is 1.30 bits per heavy atom. The van der Waals surface area contributed by atoms with E-state index in [4.69, 9.17) is 10.00 Å². The molecule has 20 heavy (non-hydrogen) atoms. The fourth-order valence-corrected chi connectivity index (χ4v) is 1.86. The Morgan fingerprint density at radius 3 is 2.80 bits per heavy atom. The van der Waals surface area contributed by atoms with Crippen LogP contribution in [0, 0.1) is 11.3 Å². The Morgan fingerprint density at radius 2 is 2.10 bits per heavy atom. The fourth-order valence-electron chi connectivity index (χ4n) is 1.86. The maximum atomic E-state index is 9.15. The predicted molar refractivity (Wildman–Crippen MR) is 77.5 cm³/mol. The van der Waals surface area contributed by atoms with E-state index in [1.54, 1.807) is 31.6 Å². The lowest BCUT2D eigenvalue weighted by Gasteiger charge is -2.10. The number of hydrogen-bond donors (Lipinski definition) is 1. The summed E-state index contributed by atoms with van der Waals surface area (Å²) in [6, 6.07) is 7.54. The smallest absolute Gasteiger partial charge is 0.152 e. The van der Waals surface area contributed by atoms with Gasteiger partial charge in [-0.15, -0.1) is 0 Å². The van der Waals surface area contributed by atoms with E-state index in [1.807, 2.05) is 6.07 Å². The van der Waals surface area contributed by atoms with Crippen LogP contribution in [0.1, 0.15) is 18.9 Å². The first-order valence-electron chi connectivity index (χ1n) is 6.43. The minimum absolute atomic E-state index is 0.483. The largest absolute Gasteiger partial charge is 0.495 e. The highest BCUT2D eigenvalue weighted by Crippen LogP contribution is 2.28. The van der Waals surface area contributed by atoms with E-state index in [0.717, 1.165) is 30.0 Å². The van der Waals surface area contributed by atoms with Crippen LogP contribution in [0.4, 0.5) is 5.82 Å². The second-order valence-corrected chi connectivity index (χ2v) is 4.21. The number of nitrogens with zero attached hydrogens (tertiary/aromatic N) is 3. The Balaban J connectivity index is 2.44. The van der Waals surface area contributed by atoms with E-state index < -0.39 is 0 Å². The van der Waals surface area contributed by atoms with E-state index in [1.165, 1.54) is 0 Å². The zero-order chi connectivity index (χ0) is 14.4. The number of methoxy groups -OCH3 is 1. The lowest BCUT2D eigenvalue weighted by Crippen LogP contribution is -2.04. The molecule has 0 fully saturated rings. The molecule has 2 aromatic rings. The molecule has 0 aliphatic heterocycles. The van der Waals surface area contributed by atoms with Crippen LogP contribution in [0.3, 0.4) is 0 Å². The van der Waals surface area contributed by atoms with Gasteiger partial charge in [0.2, 0.25) is 0 Å². The molecule has 5 nitrogen and oxygen atoms in total. The molecular weight excluding hydrogens is 252 g/mol. The minimum atomic E-state index is 0.483. The van der Waals surface area contributed by atoms with Crippen molar-refractivity contribution in [2.24, 2.45) is 0 Å². The summed E-state index contributed by atoms with van der Waals surface area (Å²) in [6.45, 7) is 2.91. The third kappa shape index (κ3) is 2.86. The van der Waals surface area contributed by atoms with Crippen molar-refractivity contribution in [2.45, 2.75) is 13.3 Å². The van der Waals surface area contributed by atoms with Gasteiger partial charge in [0.05, 0.1) is 12.7 Å². The lowest BCUT2D eigenvalue weighted by molar-refractivity contribution is 0.413. The molecule has 1 N–H and O–H groups in total. The molecule has 0 bridgehead atoms. The van der Waals surface area contributed by atoms with Gasteiger partial charge in [0.1, 0.15) is 17.5 Å². The molecule has 0 radical (unpaired) electrons. The maximum absolute atomic E-state index is 9.15. The molecule has 0 aliphatic rings. The summed E-state index contributed by atoms with van der Waals surface area (Å²) in [7, 11) is 1.55. The summed E-state index contributed by atoms with van der Waals surface area (Å²) in [5.41, 5.74) is 2.06. The second kappa shape index (κ2) is 6.53. The number of ether oxygens (including phenoxy) is 1. The van der Waals surface area contributed by atoms with Crippen LogP contribution in [0.5, 0.6) is 5.75 Å². The number of anilines is 1. The van der Waals surface area contributed by atoms with Gasteiger partial charge >= 0.3 is 0 Å². The topological polar surface area (TPSA) is 70.8 Å². The molecule has 102 valence electrons. The summed E-state index contributed by atoms with van der Waals surface area (Å²) < 4.78 is 5.15. The highest BCUT2D eigenvalue weighted by molar-refractivity contribution is 5.73. The molecule has 0 atom stereocenters. The molecule has 0 aliphatic carbocycles. The number of nitriles is 1. The average molecular weight is 268 g/mol. The Hall–Kier alpha value is -2.61. The van der Waals surface area contributed by atoms with Gasteiger partial charge in [-0.3, -0.25) is 4.98 Å². The van der Waals surface area contributed by atoms with Crippen molar-refractivity contribution in [3.8, 4) is 23.1 Å². The zero-order valence-electron chi connectivity index (χ0n) is 11.6. The number of aromatic nitrogens is 2. The van der Waals surface area contributed by atoms with Gasteiger partial charge in [0.25, 0.3) is 0 Å². The van der Waals surface area contributed by atoms with Crippen molar-refractivity contribution < 1.29 is 4.74 Å². The van der Waals surface area contributed by atoms with Crippen LogP contribution in [0.25, 0.3) is 11.3 Å². The summed E-state index contributed by atoms with van der Waals surface area (Å²) in [5.74, 6) is 1.28. The highest BCUT2D eigenvalue weighted by Gasteiger charge is 2.10. The molecule has 0 amide bonds. The van der Waals surface area contributed by atoms with Gasteiger partial charge in [-0.1, -0.05) is 6.92 Å². The summed E-state index contributed by atoms with van der Waals surface area (Å²) in [5, 5.41) is 12.4. The fraction of sp³-hybridized carbons (Fsp3) is 0.267. The van der Waals surface area contributed by atoms with E-state index in [0.29, 0.717) is 11.3 Å². The quantitative estimate of drug-likeness (QED) is 0.902. The van der Waals surface area contributed by atoms with Crippen LogP contribution < -0.4 is 10.1 Å². The standard InChI is InChI=1S/C15H16N4O/c1-3-6-18-15-14(17-7-8-19-15)11-4-5-13(20-2)12(9-11)10-16/h4-5,7-9H,3,6H2,1-2H3,(H,18,19). The highest BCUT2D eigenvalue weighted by atomic mass is 16.5. The van der Waals surface area contributed by atoms with Gasteiger partial charge < -0.3 is 10.1 Å². The summed E-state index contributed by atoms with van der Waals surface area (Å²) >= 11 is 0. The first-order valence-corrected chi connectivity index (χ1v) is 6.43. The van der Waals surface area contributed by atoms with Crippen LogP contribution in [0.15, 0.2) is 30.6 Å². The van der Waals surface area contributed by atoms with Crippen LogP contribution >= 0.6 is 0 Å². The first kappa shape index (κ1) is 13.8. The van der Waals surface area contributed by atoms with Crippen LogP contribution in [-0.2, 0) is 0 Å². The Kier molecular flexibility index (Phi) is 4.51. The minimum Gasteiger partial charge on any atom is -0.495 e. The van der Waals surface area contributed by atoms with Crippen molar-refractivity contribution >= 4 is 5.82 Å². The lowest BCUT2D eigenvalue weighted by atomic mass is 10.1. The normalized spacial score (nSPS) is 9.85. The zero-order valence-corrected chi connectivity index (χ0v) is 11.6. The third-order valence-corrected chi connectivity index (χ3v) is 2.83. The van der Waals surface area contributed by atoms with E-state index in [2.05, 4.69) is 28.3 Å². The second-order valence-electron chi connectivity index (χ2n) is 4.21. The van der Waals surface area contributed by atoms with Crippen molar-refractivity contribution in [2.75, 3.05) is 19.0 Å². The third-order valence-electron chi connectivity index (χ3n) is 2.83. The molecular formula is C15H16N4O. The summed E-state index contributed by atoms with van der Waals surface area (Å²) in [4.78, 5) is 8.66. The van der Waals surface area contributed by atoms with Gasteiger partial charge in [-0.05, 0) is 24.6 Å². The monoisotopic (exact) mass is 268 g/mol. The molecule has 1 heterocycles. The maximum Gasteiger partial charge on any atom is 0.152 e. The molecule has 0 unspecified atom stereocenters. The molecule has 0 spiro atoms. The van der Waals surface area contributed by atoms with E-state index >= 15 is 0 Å². The van der Waals surface area contributed by atoms with Gasteiger partial charge in [-0.2, -0.15) is 5.26 Å². The number of nitrogens with one attached hydrogen (secondary N) is 1. The number of benzene rings is 1. The summed E-state index contributed by atoms with van der Waals surface area (Å²) in [6.07, 6.45) is 4.29. The van der Waals surface area contributed by atoms with Crippen molar-refractivity contribution in [1.82, 2.24) is 9.97 Å². The van der Waals surface area contributed by atoms with Gasteiger partial charge in [0.15, 0.2) is 5.82 Å². The molecule has 5 heteroatoms. The molecule has 1 aromatic carbocycles. The van der Waals surface area contributed by atoms with Crippen molar-refractivity contribution in [3.05, 3.63) is 36.2 Å². The Bertz CT molecular complexity index is 634. The SMILES string of the molecule is CCCNc1nccnc1-c1ccc(OC)c(C#N)c1. The molecule has 0 saturated heterocycles. The van der Waals surface area contributed by atoms with Crippen molar-refractivity contribution in [3.63, 3.8) is 0 Å².